The van der Waals surface area contributed by atoms with Gasteiger partial charge in [-0.3, -0.25) is 15.0 Å². The van der Waals surface area contributed by atoms with Crippen molar-refractivity contribution in [1.29, 1.82) is 0 Å². The summed E-state index contributed by atoms with van der Waals surface area (Å²) in [5.74, 6) is -0.269. The predicted molar refractivity (Wildman–Crippen MR) is 85.6 cm³/mol. The maximum atomic E-state index is 12.1. The lowest BCUT2D eigenvalue weighted by molar-refractivity contribution is 0.102. The van der Waals surface area contributed by atoms with Crippen LogP contribution in [0.2, 0.25) is 0 Å². The lowest BCUT2D eigenvalue weighted by atomic mass is 10.1. The number of piperidine rings is 1. The van der Waals surface area contributed by atoms with E-state index < -0.39 is 0 Å². The van der Waals surface area contributed by atoms with Crippen LogP contribution in [-0.2, 0) is 6.54 Å². The first-order chi connectivity index (χ1) is 10.7. The number of nitrogens with zero attached hydrogens (tertiary/aromatic N) is 4. The van der Waals surface area contributed by atoms with Gasteiger partial charge in [0.15, 0.2) is 16.6 Å². The minimum Gasteiger partial charge on any atom is -0.382 e. The quantitative estimate of drug-likeness (QED) is 0.891. The Kier molecular flexibility index (Phi) is 4.59. The molecule has 1 saturated heterocycles. The van der Waals surface area contributed by atoms with E-state index in [9.17, 15) is 4.79 Å². The molecule has 3 rings (SSSR count). The van der Waals surface area contributed by atoms with Crippen molar-refractivity contribution >= 4 is 28.2 Å². The minimum absolute atomic E-state index is 0.116. The highest BCUT2D eigenvalue weighted by atomic mass is 32.1. The summed E-state index contributed by atoms with van der Waals surface area (Å²) in [5.41, 5.74) is 6.75. The van der Waals surface area contributed by atoms with Crippen LogP contribution in [0, 0.1) is 0 Å². The SMILES string of the molecule is Nc1nccnc1C(=O)Nc1nc(CN2CCCCC2)cs1. The second kappa shape index (κ2) is 6.80. The summed E-state index contributed by atoms with van der Waals surface area (Å²) in [6, 6.07) is 0. The Labute approximate surface area is 132 Å². The first kappa shape index (κ1) is 14.9. The van der Waals surface area contributed by atoms with E-state index in [2.05, 4.69) is 25.2 Å². The van der Waals surface area contributed by atoms with Gasteiger partial charge in [0.05, 0.1) is 5.69 Å². The fraction of sp³-hybridized carbons (Fsp3) is 0.429. The number of nitrogen functional groups attached to an aromatic ring is 1. The predicted octanol–water partition coefficient (Wildman–Crippen LogP) is 1.75. The molecule has 3 N–H and O–H groups in total. The van der Waals surface area contributed by atoms with Crippen molar-refractivity contribution in [2.45, 2.75) is 25.8 Å². The number of amides is 1. The molecule has 2 aromatic heterocycles. The summed E-state index contributed by atoms with van der Waals surface area (Å²) in [7, 11) is 0. The molecule has 0 spiro atoms. The zero-order valence-electron chi connectivity index (χ0n) is 12.2. The molecule has 0 radical (unpaired) electrons. The standard InChI is InChI=1S/C14H18N6OS/c15-12-11(16-4-5-17-12)13(21)19-14-18-10(9-22-14)8-20-6-2-1-3-7-20/h4-5,9H,1-3,6-8H2,(H2,15,17)(H,18,19,21). The molecule has 8 heteroatoms. The van der Waals surface area contributed by atoms with E-state index in [1.54, 1.807) is 0 Å². The minimum atomic E-state index is -0.385. The molecule has 7 nitrogen and oxygen atoms in total. The van der Waals surface area contributed by atoms with Gasteiger partial charge in [-0.15, -0.1) is 11.3 Å². The van der Waals surface area contributed by atoms with E-state index >= 15 is 0 Å². The van der Waals surface area contributed by atoms with Gasteiger partial charge in [0.25, 0.3) is 5.91 Å². The van der Waals surface area contributed by atoms with Gasteiger partial charge >= 0.3 is 0 Å². The molecule has 1 amide bonds. The van der Waals surface area contributed by atoms with Crippen molar-refractivity contribution in [2.75, 3.05) is 24.1 Å². The Hall–Kier alpha value is -2.06. The summed E-state index contributed by atoms with van der Waals surface area (Å²) in [4.78, 5) is 26.7. The average molecular weight is 318 g/mol. The zero-order chi connectivity index (χ0) is 15.4. The summed E-state index contributed by atoms with van der Waals surface area (Å²) in [6.45, 7) is 3.07. The van der Waals surface area contributed by atoms with Crippen molar-refractivity contribution in [3.8, 4) is 0 Å². The number of nitrogens with two attached hydrogens (primary N) is 1. The highest BCUT2D eigenvalue weighted by Gasteiger charge is 2.15. The van der Waals surface area contributed by atoms with E-state index in [1.165, 1.54) is 43.0 Å². The van der Waals surface area contributed by atoms with E-state index in [1.807, 2.05) is 5.38 Å². The zero-order valence-corrected chi connectivity index (χ0v) is 13.0. The third kappa shape index (κ3) is 3.58. The fourth-order valence-corrected chi connectivity index (χ4v) is 3.16. The molecule has 116 valence electrons. The maximum absolute atomic E-state index is 12.1. The van der Waals surface area contributed by atoms with Crippen molar-refractivity contribution in [2.24, 2.45) is 0 Å². The molecule has 3 heterocycles. The third-order valence-electron chi connectivity index (χ3n) is 3.55. The molecule has 1 aliphatic rings. The number of anilines is 2. The Morgan fingerprint density at radius 1 is 1.27 bits per heavy atom. The van der Waals surface area contributed by atoms with Crippen LogP contribution < -0.4 is 11.1 Å². The largest absolute Gasteiger partial charge is 0.382 e. The smallest absolute Gasteiger partial charge is 0.279 e. The second-order valence-electron chi connectivity index (χ2n) is 5.23. The molecule has 0 aromatic carbocycles. The molecule has 22 heavy (non-hydrogen) atoms. The molecule has 0 aliphatic carbocycles. The van der Waals surface area contributed by atoms with Crippen molar-refractivity contribution < 1.29 is 4.79 Å². The van der Waals surface area contributed by atoms with Crippen LogP contribution in [0.25, 0.3) is 0 Å². The van der Waals surface area contributed by atoms with Crippen LogP contribution in [0.5, 0.6) is 0 Å². The van der Waals surface area contributed by atoms with Crippen molar-refractivity contribution in [3.63, 3.8) is 0 Å². The molecule has 1 aliphatic heterocycles. The number of likely N-dealkylation sites (tertiary alicyclic amines) is 1. The van der Waals surface area contributed by atoms with Gasteiger partial charge in [0, 0.05) is 24.3 Å². The monoisotopic (exact) mass is 318 g/mol. The van der Waals surface area contributed by atoms with E-state index in [-0.39, 0.29) is 17.4 Å². The van der Waals surface area contributed by atoms with Gasteiger partial charge in [-0.05, 0) is 25.9 Å². The molecule has 0 saturated carbocycles. The van der Waals surface area contributed by atoms with Crippen LogP contribution >= 0.6 is 11.3 Å². The first-order valence-electron chi connectivity index (χ1n) is 7.27. The highest BCUT2D eigenvalue weighted by Crippen LogP contribution is 2.19. The molecule has 0 atom stereocenters. The van der Waals surface area contributed by atoms with Crippen LogP contribution in [0.4, 0.5) is 10.9 Å². The molecule has 0 bridgehead atoms. The van der Waals surface area contributed by atoms with E-state index in [4.69, 9.17) is 5.73 Å². The van der Waals surface area contributed by atoms with Crippen molar-refractivity contribution in [3.05, 3.63) is 29.2 Å². The number of thiazole rings is 1. The van der Waals surface area contributed by atoms with Crippen LogP contribution in [0.15, 0.2) is 17.8 Å². The van der Waals surface area contributed by atoms with Crippen LogP contribution in [-0.4, -0.2) is 38.8 Å². The van der Waals surface area contributed by atoms with Gasteiger partial charge in [0.2, 0.25) is 0 Å². The Bertz CT molecular complexity index is 652. The average Bonchev–Trinajstić information content (AvgIpc) is 2.95. The number of hydrogen-bond acceptors (Lipinski definition) is 7. The second-order valence-corrected chi connectivity index (χ2v) is 6.08. The van der Waals surface area contributed by atoms with Crippen molar-refractivity contribution in [1.82, 2.24) is 19.9 Å². The summed E-state index contributed by atoms with van der Waals surface area (Å²) in [5, 5.41) is 5.26. The van der Waals surface area contributed by atoms with Crippen LogP contribution in [0.3, 0.4) is 0 Å². The molecule has 0 unspecified atom stereocenters. The van der Waals surface area contributed by atoms with E-state index in [0.717, 1.165) is 25.3 Å². The molecule has 1 fully saturated rings. The van der Waals surface area contributed by atoms with Gasteiger partial charge < -0.3 is 5.73 Å². The van der Waals surface area contributed by atoms with Crippen LogP contribution in [0.1, 0.15) is 35.4 Å². The molecular weight excluding hydrogens is 300 g/mol. The number of hydrogen-bond donors (Lipinski definition) is 2. The first-order valence-corrected chi connectivity index (χ1v) is 8.15. The number of carbonyl (C=O) groups is 1. The van der Waals surface area contributed by atoms with Gasteiger partial charge in [0.1, 0.15) is 0 Å². The summed E-state index contributed by atoms with van der Waals surface area (Å²) >= 11 is 1.41. The maximum Gasteiger partial charge on any atom is 0.279 e. The highest BCUT2D eigenvalue weighted by molar-refractivity contribution is 7.13. The number of nitrogens with one attached hydrogen (secondary N) is 1. The lowest BCUT2D eigenvalue weighted by Crippen LogP contribution is -2.29. The number of carbonyl (C=O) groups excluding carboxylic acids is 1. The number of rotatable bonds is 4. The van der Waals surface area contributed by atoms with Gasteiger partial charge in [-0.2, -0.15) is 0 Å². The van der Waals surface area contributed by atoms with Gasteiger partial charge in [-0.25, -0.2) is 15.0 Å². The normalized spacial score (nSPS) is 15.6. The Balaban J connectivity index is 1.61. The molecular formula is C14H18N6OS. The Morgan fingerprint density at radius 2 is 2.05 bits per heavy atom. The lowest BCUT2D eigenvalue weighted by Gasteiger charge is -2.25. The topological polar surface area (TPSA) is 97.0 Å². The summed E-state index contributed by atoms with van der Waals surface area (Å²) in [6.07, 6.45) is 6.70. The third-order valence-corrected chi connectivity index (χ3v) is 4.35. The summed E-state index contributed by atoms with van der Waals surface area (Å²) < 4.78 is 0. The number of aromatic nitrogens is 3. The molecule has 2 aromatic rings. The van der Waals surface area contributed by atoms with Gasteiger partial charge in [-0.1, -0.05) is 6.42 Å². The van der Waals surface area contributed by atoms with E-state index in [0.29, 0.717) is 5.13 Å². The fourth-order valence-electron chi connectivity index (χ4n) is 2.46. The Morgan fingerprint density at radius 3 is 2.82 bits per heavy atom.